The molecular formula is C20H20F2N2O5. The van der Waals surface area contributed by atoms with Gasteiger partial charge in [-0.25, -0.2) is 13.6 Å². The first kappa shape index (κ1) is 20.6. The third-order valence-electron chi connectivity index (χ3n) is 5.12. The number of allylic oxidation sites excluding steroid dienone is 2. The second kappa shape index (κ2) is 8.10. The molecule has 3 amide bonds. The average Bonchev–Trinajstić information content (AvgIpc) is 2.95. The van der Waals surface area contributed by atoms with Crippen molar-refractivity contribution in [2.75, 3.05) is 5.32 Å². The zero-order valence-electron chi connectivity index (χ0n) is 15.9. The van der Waals surface area contributed by atoms with Crippen LogP contribution in [0.3, 0.4) is 0 Å². The second-order valence-corrected chi connectivity index (χ2v) is 7.08. The molecule has 1 heterocycles. The number of hydrogen-bond acceptors (Lipinski definition) is 5. The summed E-state index contributed by atoms with van der Waals surface area (Å²) >= 11 is 0. The molecule has 1 aliphatic carbocycles. The molecular weight excluding hydrogens is 386 g/mol. The van der Waals surface area contributed by atoms with E-state index in [1.165, 1.54) is 13.8 Å². The Morgan fingerprint density at radius 1 is 1.07 bits per heavy atom. The Hall–Kier alpha value is -3.10. The lowest BCUT2D eigenvalue weighted by Gasteiger charge is -2.23. The summed E-state index contributed by atoms with van der Waals surface area (Å²) < 4.78 is 31.3. The van der Waals surface area contributed by atoms with Crippen LogP contribution in [0.2, 0.25) is 0 Å². The summed E-state index contributed by atoms with van der Waals surface area (Å²) in [5, 5.41) is 2.30. The summed E-state index contributed by atoms with van der Waals surface area (Å²) in [6.07, 6.45) is 3.28. The average molecular weight is 406 g/mol. The van der Waals surface area contributed by atoms with Crippen molar-refractivity contribution in [3.05, 3.63) is 42.0 Å². The summed E-state index contributed by atoms with van der Waals surface area (Å²) in [7, 11) is 0. The van der Waals surface area contributed by atoms with E-state index in [9.17, 15) is 28.0 Å². The minimum atomic E-state index is -1.28. The number of likely N-dealkylation sites (tertiary alicyclic amines) is 1. The Balaban J connectivity index is 1.61. The lowest BCUT2D eigenvalue weighted by Crippen LogP contribution is -2.46. The monoisotopic (exact) mass is 406 g/mol. The van der Waals surface area contributed by atoms with E-state index in [2.05, 4.69) is 5.32 Å². The van der Waals surface area contributed by atoms with Crippen LogP contribution in [0.1, 0.15) is 26.7 Å². The Kier molecular flexibility index (Phi) is 5.76. The van der Waals surface area contributed by atoms with Gasteiger partial charge in [0.1, 0.15) is 6.04 Å². The van der Waals surface area contributed by atoms with E-state index in [0.717, 1.165) is 23.1 Å². The minimum Gasteiger partial charge on any atom is -0.451 e. The molecule has 1 aliphatic heterocycles. The van der Waals surface area contributed by atoms with Crippen LogP contribution in [0, 0.1) is 23.5 Å². The fourth-order valence-corrected chi connectivity index (χ4v) is 3.46. The standard InChI is InChI=1S/C20H20F2N2O5/c1-10(24-18(26)13-5-3-4-6-14(13)19(24)27)20(28)29-11(2)17(25)23-12-7-8-15(21)16(22)9-12/h3-4,7-11,13-14H,5-6H2,1-2H3,(H,23,25)/t10-,11+,13-,14-/m0/s1. The molecule has 0 spiro atoms. The summed E-state index contributed by atoms with van der Waals surface area (Å²) in [6.45, 7) is 2.65. The number of imide groups is 1. The van der Waals surface area contributed by atoms with Crippen LogP contribution in [-0.2, 0) is 23.9 Å². The van der Waals surface area contributed by atoms with E-state index in [1.54, 1.807) is 0 Å². The van der Waals surface area contributed by atoms with Crippen LogP contribution in [0.4, 0.5) is 14.5 Å². The molecule has 3 rings (SSSR count). The van der Waals surface area contributed by atoms with Gasteiger partial charge in [0.15, 0.2) is 17.7 Å². The number of nitrogens with zero attached hydrogens (tertiary/aromatic N) is 1. The molecule has 4 atom stereocenters. The van der Waals surface area contributed by atoms with Gasteiger partial charge >= 0.3 is 5.97 Å². The first-order valence-corrected chi connectivity index (χ1v) is 9.19. The van der Waals surface area contributed by atoms with E-state index >= 15 is 0 Å². The van der Waals surface area contributed by atoms with E-state index < -0.39 is 59.3 Å². The van der Waals surface area contributed by atoms with Gasteiger partial charge < -0.3 is 10.1 Å². The van der Waals surface area contributed by atoms with E-state index in [0.29, 0.717) is 12.8 Å². The highest BCUT2D eigenvalue weighted by atomic mass is 19.2. The van der Waals surface area contributed by atoms with Crippen LogP contribution in [0.5, 0.6) is 0 Å². The smallest absolute Gasteiger partial charge is 0.329 e. The lowest BCUT2D eigenvalue weighted by molar-refractivity contribution is -0.163. The van der Waals surface area contributed by atoms with Crippen LogP contribution in [0.15, 0.2) is 30.4 Å². The van der Waals surface area contributed by atoms with Crippen LogP contribution < -0.4 is 5.32 Å². The summed E-state index contributed by atoms with van der Waals surface area (Å²) in [6, 6.07) is 1.62. The summed E-state index contributed by atoms with van der Waals surface area (Å²) in [4.78, 5) is 50.6. The molecule has 0 radical (unpaired) electrons. The van der Waals surface area contributed by atoms with Crippen molar-refractivity contribution >= 4 is 29.4 Å². The lowest BCUT2D eigenvalue weighted by atomic mass is 9.85. The highest BCUT2D eigenvalue weighted by Crippen LogP contribution is 2.36. The fraction of sp³-hybridized carbons (Fsp3) is 0.400. The SMILES string of the molecule is C[C@@H](OC(=O)[C@H](C)N1C(=O)[C@H]2CC=CC[C@@H]2C1=O)C(=O)Nc1ccc(F)c(F)c1. The van der Waals surface area contributed by atoms with Gasteiger partial charge in [0.2, 0.25) is 11.8 Å². The van der Waals surface area contributed by atoms with Crippen molar-refractivity contribution in [3.8, 4) is 0 Å². The number of benzene rings is 1. The quantitative estimate of drug-likeness (QED) is 0.460. The molecule has 0 unspecified atom stereocenters. The zero-order valence-corrected chi connectivity index (χ0v) is 15.9. The first-order chi connectivity index (χ1) is 13.7. The molecule has 1 aromatic rings. The number of hydrogen-bond donors (Lipinski definition) is 1. The maximum absolute atomic E-state index is 13.2. The molecule has 29 heavy (non-hydrogen) atoms. The fourth-order valence-electron chi connectivity index (χ4n) is 3.46. The van der Waals surface area contributed by atoms with Crippen molar-refractivity contribution < 1.29 is 32.7 Å². The molecule has 0 aromatic heterocycles. The van der Waals surface area contributed by atoms with Crippen molar-refractivity contribution in [2.45, 2.75) is 38.8 Å². The summed E-state index contributed by atoms with van der Waals surface area (Å²) in [5.41, 5.74) is -0.00804. The van der Waals surface area contributed by atoms with E-state index in [1.807, 2.05) is 12.2 Å². The highest BCUT2D eigenvalue weighted by Gasteiger charge is 2.50. The molecule has 9 heteroatoms. The molecule has 1 aromatic carbocycles. The first-order valence-electron chi connectivity index (χ1n) is 9.19. The van der Waals surface area contributed by atoms with Crippen molar-refractivity contribution in [1.29, 1.82) is 0 Å². The van der Waals surface area contributed by atoms with Gasteiger partial charge in [-0.1, -0.05) is 12.2 Å². The number of carbonyl (C=O) groups is 4. The molecule has 1 saturated heterocycles. The minimum absolute atomic E-state index is 0.00804. The van der Waals surface area contributed by atoms with Crippen LogP contribution in [-0.4, -0.2) is 40.7 Å². The number of amides is 3. The van der Waals surface area contributed by atoms with Gasteiger partial charge in [0.05, 0.1) is 11.8 Å². The number of halogens is 2. The van der Waals surface area contributed by atoms with E-state index in [-0.39, 0.29) is 5.69 Å². The number of carbonyl (C=O) groups excluding carboxylic acids is 4. The predicted molar refractivity (Wildman–Crippen MR) is 97.2 cm³/mol. The Morgan fingerprint density at radius 3 is 2.21 bits per heavy atom. The second-order valence-electron chi connectivity index (χ2n) is 7.08. The zero-order chi connectivity index (χ0) is 21.3. The maximum atomic E-state index is 13.2. The number of anilines is 1. The van der Waals surface area contributed by atoms with E-state index in [4.69, 9.17) is 4.74 Å². The third-order valence-corrected chi connectivity index (χ3v) is 5.12. The maximum Gasteiger partial charge on any atom is 0.329 e. The van der Waals surface area contributed by atoms with Crippen molar-refractivity contribution in [1.82, 2.24) is 4.90 Å². The third kappa shape index (κ3) is 4.03. The largest absolute Gasteiger partial charge is 0.451 e. The number of esters is 1. The summed E-state index contributed by atoms with van der Waals surface area (Å²) in [5.74, 6) is -5.68. The molecule has 2 aliphatic rings. The molecule has 7 nitrogen and oxygen atoms in total. The highest BCUT2D eigenvalue weighted by molar-refractivity contribution is 6.08. The molecule has 0 bridgehead atoms. The molecule has 154 valence electrons. The number of fused-ring (bicyclic) bond motifs is 1. The van der Waals surface area contributed by atoms with Crippen LogP contribution >= 0.6 is 0 Å². The van der Waals surface area contributed by atoms with Crippen molar-refractivity contribution in [2.24, 2.45) is 11.8 Å². The molecule has 1 fully saturated rings. The van der Waals surface area contributed by atoms with Crippen LogP contribution in [0.25, 0.3) is 0 Å². The van der Waals surface area contributed by atoms with Gasteiger partial charge in [-0.3, -0.25) is 19.3 Å². The number of nitrogens with one attached hydrogen (secondary N) is 1. The van der Waals surface area contributed by atoms with Gasteiger partial charge in [-0.15, -0.1) is 0 Å². The Bertz CT molecular complexity index is 875. The van der Waals surface area contributed by atoms with Crippen molar-refractivity contribution in [3.63, 3.8) is 0 Å². The molecule has 0 saturated carbocycles. The normalized spacial score (nSPS) is 22.8. The van der Waals surface area contributed by atoms with Gasteiger partial charge in [-0.05, 0) is 38.8 Å². The molecule has 1 N–H and O–H groups in total. The van der Waals surface area contributed by atoms with Gasteiger partial charge in [-0.2, -0.15) is 0 Å². The Labute approximate surface area is 165 Å². The van der Waals surface area contributed by atoms with Gasteiger partial charge in [0.25, 0.3) is 5.91 Å². The topological polar surface area (TPSA) is 92.8 Å². The number of rotatable bonds is 5. The Morgan fingerprint density at radius 2 is 1.66 bits per heavy atom. The number of ether oxygens (including phenoxy) is 1. The van der Waals surface area contributed by atoms with Gasteiger partial charge in [0, 0.05) is 11.8 Å². The predicted octanol–water partition coefficient (Wildman–Crippen LogP) is 2.17.